The smallest absolute Gasteiger partial charge is 0.316 e. The monoisotopic (exact) mass is 272 g/mol. The molecule has 0 aromatic heterocycles. The van der Waals surface area contributed by atoms with Gasteiger partial charge >= 0.3 is 5.97 Å². The topological polar surface area (TPSA) is 26.3 Å². The maximum absolute atomic E-state index is 12.2. The first kappa shape index (κ1) is 13.7. The van der Waals surface area contributed by atoms with E-state index in [-0.39, 0.29) is 17.0 Å². The Kier molecular flexibility index (Phi) is 3.35. The van der Waals surface area contributed by atoms with Crippen molar-refractivity contribution in [3.8, 4) is 0 Å². The lowest BCUT2D eigenvalue weighted by Crippen LogP contribution is -2.68. The number of hydrogen-bond acceptors (Lipinski definition) is 2. The van der Waals surface area contributed by atoms with E-state index < -0.39 is 0 Å². The summed E-state index contributed by atoms with van der Waals surface area (Å²) in [5.41, 5.74) is 0.588. The van der Waals surface area contributed by atoms with Crippen LogP contribution in [0.15, 0.2) is 30.3 Å². The van der Waals surface area contributed by atoms with Crippen molar-refractivity contribution in [1.82, 2.24) is 0 Å². The van der Waals surface area contributed by atoms with Gasteiger partial charge in [0.05, 0.1) is 0 Å². The summed E-state index contributed by atoms with van der Waals surface area (Å²) in [5.74, 6) is 0.511. The van der Waals surface area contributed by atoms with Gasteiger partial charge in [0, 0.05) is 0 Å². The minimum atomic E-state index is -0.365. The molecule has 0 N–H and O–H groups in total. The zero-order valence-electron chi connectivity index (χ0n) is 12.5. The molecule has 108 valence electrons. The standard InChI is InChI=1S/C18H24O2/c1-17(13-14-9-5-3-6-10-14)16(19)20-18(17,2)15-11-7-4-8-12-15/h3,5-6,9-10,15H,4,7-8,11-13H2,1-2H3/t17-,18+/m0/s1. The van der Waals surface area contributed by atoms with Gasteiger partial charge in [0.2, 0.25) is 0 Å². The lowest BCUT2D eigenvalue weighted by Gasteiger charge is -2.57. The number of benzene rings is 1. The van der Waals surface area contributed by atoms with Gasteiger partial charge in [0.15, 0.2) is 0 Å². The van der Waals surface area contributed by atoms with Gasteiger partial charge in [-0.3, -0.25) is 4.79 Å². The second-order valence-corrected chi connectivity index (χ2v) is 6.83. The molecule has 2 nitrogen and oxygen atoms in total. The third kappa shape index (κ3) is 1.97. The van der Waals surface area contributed by atoms with Gasteiger partial charge < -0.3 is 4.74 Å². The Labute approximate surface area is 121 Å². The molecular weight excluding hydrogens is 248 g/mol. The average Bonchev–Trinajstić information content (AvgIpc) is 2.49. The summed E-state index contributed by atoms with van der Waals surface area (Å²) < 4.78 is 5.71. The predicted molar refractivity (Wildman–Crippen MR) is 79.3 cm³/mol. The maximum Gasteiger partial charge on any atom is 0.316 e. The Morgan fingerprint density at radius 2 is 1.75 bits per heavy atom. The number of ether oxygens (including phenoxy) is 1. The molecule has 2 fully saturated rings. The first-order chi connectivity index (χ1) is 9.56. The molecule has 1 saturated carbocycles. The van der Waals surface area contributed by atoms with Crippen LogP contribution in [0.1, 0.15) is 51.5 Å². The summed E-state index contributed by atoms with van der Waals surface area (Å²) in [6.07, 6.45) is 7.08. The van der Waals surface area contributed by atoms with E-state index in [9.17, 15) is 4.79 Å². The maximum atomic E-state index is 12.2. The Balaban J connectivity index is 1.83. The van der Waals surface area contributed by atoms with Gasteiger partial charge in [0.1, 0.15) is 11.0 Å². The van der Waals surface area contributed by atoms with E-state index in [4.69, 9.17) is 4.74 Å². The molecule has 2 heteroatoms. The first-order valence-corrected chi connectivity index (χ1v) is 7.84. The lowest BCUT2D eigenvalue weighted by molar-refractivity contribution is -0.252. The summed E-state index contributed by atoms with van der Waals surface area (Å²) in [6.45, 7) is 4.26. The van der Waals surface area contributed by atoms with Crippen molar-refractivity contribution in [3.63, 3.8) is 0 Å². The van der Waals surface area contributed by atoms with E-state index in [0.29, 0.717) is 5.92 Å². The molecule has 0 radical (unpaired) electrons. The Morgan fingerprint density at radius 1 is 1.10 bits per heavy atom. The number of hydrogen-bond donors (Lipinski definition) is 0. The highest BCUT2D eigenvalue weighted by molar-refractivity contribution is 5.85. The fourth-order valence-electron chi connectivity index (χ4n) is 4.01. The highest BCUT2D eigenvalue weighted by Gasteiger charge is 2.65. The van der Waals surface area contributed by atoms with Crippen LogP contribution in [0.5, 0.6) is 0 Å². The molecule has 0 unspecified atom stereocenters. The van der Waals surface area contributed by atoms with Crippen molar-refractivity contribution >= 4 is 5.97 Å². The zero-order chi connectivity index (χ0) is 14.2. The second kappa shape index (κ2) is 4.91. The third-order valence-corrected chi connectivity index (χ3v) is 5.64. The van der Waals surface area contributed by atoms with Crippen LogP contribution in [-0.2, 0) is 16.0 Å². The summed E-state index contributed by atoms with van der Waals surface area (Å²) in [7, 11) is 0. The Morgan fingerprint density at radius 3 is 2.35 bits per heavy atom. The number of esters is 1. The van der Waals surface area contributed by atoms with Crippen LogP contribution in [-0.4, -0.2) is 11.6 Å². The number of cyclic esters (lactones) is 1. The van der Waals surface area contributed by atoms with Crippen LogP contribution in [0, 0.1) is 11.3 Å². The van der Waals surface area contributed by atoms with Gasteiger partial charge in [-0.1, -0.05) is 49.6 Å². The molecule has 1 saturated heterocycles. The molecular formula is C18H24O2. The minimum Gasteiger partial charge on any atom is -0.457 e. The van der Waals surface area contributed by atoms with Crippen molar-refractivity contribution in [3.05, 3.63) is 35.9 Å². The molecule has 0 bridgehead atoms. The molecule has 0 spiro atoms. The van der Waals surface area contributed by atoms with Crippen LogP contribution >= 0.6 is 0 Å². The molecule has 2 atom stereocenters. The Hall–Kier alpha value is -1.31. The van der Waals surface area contributed by atoms with E-state index in [1.165, 1.54) is 37.7 Å². The van der Waals surface area contributed by atoms with Gasteiger partial charge in [-0.25, -0.2) is 0 Å². The minimum absolute atomic E-state index is 0.0190. The van der Waals surface area contributed by atoms with E-state index in [2.05, 4.69) is 26.0 Å². The number of carbonyl (C=O) groups excluding carboxylic acids is 1. The quantitative estimate of drug-likeness (QED) is 0.773. The van der Waals surface area contributed by atoms with Crippen molar-refractivity contribution in [1.29, 1.82) is 0 Å². The Bertz CT molecular complexity index is 489. The second-order valence-electron chi connectivity index (χ2n) is 6.83. The van der Waals surface area contributed by atoms with Crippen molar-refractivity contribution < 1.29 is 9.53 Å². The summed E-state index contributed by atoms with van der Waals surface area (Å²) in [6, 6.07) is 10.3. The fraction of sp³-hybridized carbons (Fsp3) is 0.611. The number of carbonyl (C=O) groups is 1. The van der Waals surface area contributed by atoms with E-state index in [1.54, 1.807) is 0 Å². The molecule has 1 aliphatic carbocycles. The first-order valence-electron chi connectivity index (χ1n) is 7.84. The SMILES string of the molecule is C[C@]1(Cc2ccccc2)C(=O)O[C@]1(C)C1CCCCC1. The van der Waals surface area contributed by atoms with Crippen molar-refractivity contribution in [2.75, 3.05) is 0 Å². The molecule has 1 aromatic rings. The summed E-state index contributed by atoms with van der Waals surface area (Å²) in [5, 5.41) is 0. The molecule has 0 amide bonds. The van der Waals surface area contributed by atoms with Crippen LogP contribution in [0.2, 0.25) is 0 Å². The van der Waals surface area contributed by atoms with E-state index in [1.807, 2.05) is 18.2 Å². The summed E-state index contributed by atoms with van der Waals surface area (Å²) >= 11 is 0. The average molecular weight is 272 g/mol. The highest BCUT2D eigenvalue weighted by atomic mass is 16.6. The predicted octanol–water partition coefficient (Wildman–Crippen LogP) is 4.13. The highest BCUT2D eigenvalue weighted by Crippen LogP contribution is 2.55. The molecule has 2 aliphatic rings. The molecule has 3 rings (SSSR count). The molecule has 1 aromatic carbocycles. The van der Waals surface area contributed by atoms with Gasteiger partial charge in [-0.2, -0.15) is 0 Å². The molecule has 1 heterocycles. The normalized spacial score (nSPS) is 34.4. The fourth-order valence-corrected chi connectivity index (χ4v) is 4.01. The number of rotatable bonds is 3. The van der Waals surface area contributed by atoms with Gasteiger partial charge in [0.25, 0.3) is 0 Å². The van der Waals surface area contributed by atoms with Gasteiger partial charge in [-0.05, 0) is 44.6 Å². The van der Waals surface area contributed by atoms with Crippen molar-refractivity contribution in [2.45, 2.75) is 58.0 Å². The lowest BCUT2D eigenvalue weighted by atomic mass is 9.58. The van der Waals surface area contributed by atoms with E-state index in [0.717, 1.165) is 6.42 Å². The van der Waals surface area contributed by atoms with Crippen LogP contribution in [0.25, 0.3) is 0 Å². The summed E-state index contributed by atoms with van der Waals surface area (Å²) in [4.78, 5) is 12.2. The van der Waals surface area contributed by atoms with E-state index >= 15 is 0 Å². The molecule has 20 heavy (non-hydrogen) atoms. The molecule has 1 aliphatic heterocycles. The zero-order valence-corrected chi connectivity index (χ0v) is 12.5. The van der Waals surface area contributed by atoms with Crippen LogP contribution in [0.4, 0.5) is 0 Å². The largest absolute Gasteiger partial charge is 0.457 e. The van der Waals surface area contributed by atoms with Crippen molar-refractivity contribution in [2.24, 2.45) is 11.3 Å². The van der Waals surface area contributed by atoms with Crippen LogP contribution < -0.4 is 0 Å². The third-order valence-electron chi connectivity index (χ3n) is 5.64. The van der Waals surface area contributed by atoms with Crippen LogP contribution in [0.3, 0.4) is 0 Å². The van der Waals surface area contributed by atoms with Gasteiger partial charge in [-0.15, -0.1) is 0 Å².